The summed E-state index contributed by atoms with van der Waals surface area (Å²) in [7, 11) is 0. The third-order valence-corrected chi connectivity index (χ3v) is 2.69. The average molecular weight is 374 g/mol. The lowest BCUT2D eigenvalue weighted by Gasteiger charge is -2.11. The van der Waals surface area contributed by atoms with Gasteiger partial charge in [-0.25, -0.2) is 0 Å². The van der Waals surface area contributed by atoms with Gasteiger partial charge in [0.1, 0.15) is 0 Å². The number of hydrogen-bond acceptors (Lipinski definition) is 2. The molecule has 0 spiro atoms. The van der Waals surface area contributed by atoms with Gasteiger partial charge in [0.05, 0.1) is 10.5 Å². The fourth-order valence-electron chi connectivity index (χ4n) is 0.873. The van der Waals surface area contributed by atoms with E-state index in [2.05, 4.69) is 47.8 Å². The minimum Gasteiger partial charge on any atom is -0.258 e. The largest absolute Gasteiger partial charge is 0.275 e. The van der Waals surface area contributed by atoms with Crippen LogP contribution in [0, 0.1) is 10.1 Å². The minimum atomic E-state index is -0.739. The summed E-state index contributed by atoms with van der Waals surface area (Å²) in [5.41, 5.74) is 0.591. The van der Waals surface area contributed by atoms with E-state index in [1.165, 1.54) is 6.07 Å². The smallest absolute Gasteiger partial charge is 0.258 e. The number of nitrogens with zero attached hydrogens (tertiary/aromatic N) is 1. The van der Waals surface area contributed by atoms with E-state index in [0.717, 1.165) is 0 Å². The molecule has 0 saturated carbocycles. The van der Waals surface area contributed by atoms with E-state index in [-0.39, 0.29) is 5.69 Å². The van der Waals surface area contributed by atoms with Crippen LogP contribution in [0.5, 0.6) is 0 Å². The van der Waals surface area contributed by atoms with Gasteiger partial charge in [-0.15, -0.1) is 0 Å². The van der Waals surface area contributed by atoms with Crippen LogP contribution in [0.1, 0.15) is 5.56 Å². The van der Waals surface area contributed by atoms with Gasteiger partial charge in [0.2, 0.25) is 0 Å². The van der Waals surface area contributed by atoms with Crippen LogP contribution in [-0.2, 0) is 2.14 Å². The predicted octanol–water partition coefficient (Wildman–Crippen LogP) is 3.89. The normalized spacial score (nSPS) is 11.3. The average Bonchev–Trinajstić information content (AvgIpc) is 2.03. The molecular weight excluding hydrogens is 370 g/mol. The van der Waals surface area contributed by atoms with Crippen molar-refractivity contribution in [3.63, 3.8) is 0 Å². The molecule has 0 unspecified atom stereocenters. The van der Waals surface area contributed by atoms with Crippen molar-refractivity contribution in [1.82, 2.24) is 0 Å². The van der Waals surface area contributed by atoms with Gasteiger partial charge in [0.15, 0.2) is 2.14 Å². The highest BCUT2D eigenvalue weighted by molar-refractivity contribution is 9.38. The van der Waals surface area contributed by atoms with Crippen molar-refractivity contribution < 1.29 is 4.92 Å². The summed E-state index contributed by atoms with van der Waals surface area (Å²) < 4.78 is -0.739. The number of nitro benzene ring substituents is 1. The van der Waals surface area contributed by atoms with Gasteiger partial charge in [0.25, 0.3) is 5.69 Å². The van der Waals surface area contributed by atoms with Gasteiger partial charge in [-0.3, -0.25) is 10.1 Å². The summed E-state index contributed by atoms with van der Waals surface area (Å²) in [6.45, 7) is 0. The molecule has 0 bridgehead atoms. The fraction of sp³-hybridized carbons (Fsp3) is 0.143. The monoisotopic (exact) mass is 371 g/mol. The number of nitro groups is 1. The molecule has 1 aromatic carbocycles. The Balaban J connectivity index is 3.28. The Labute approximate surface area is 100 Å². The zero-order valence-corrected chi connectivity index (χ0v) is 11.0. The molecule has 0 heterocycles. The van der Waals surface area contributed by atoms with Crippen LogP contribution < -0.4 is 0 Å². The molecule has 1 rings (SSSR count). The first-order chi connectivity index (χ1) is 5.93. The van der Waals surface area contributed by atoms with Crippen molar-refractivity contribution in [1.29, 1.82) is 0 Å². The van der Waals surface area contributed by atoms with E-state index in [9.17, 15) is 10.1 Å². The highest BCUT2D eigenvalue weighted by Gasteiger charge is 2.29. The van der Waals surface area contributed by atoms with Crippen LogP contribution in [0.2, 0.25) is 0 Å². The van der Waals surface area contributed by atoms with Crippen LogP contribution >= 0.6 is 47.8 Å². The molecule has 6 heteroatoms. The first-order valence-electron chi connectivity index (χ1n) is 3.23. The van der Waals surface area contributed by atoms with Gasteiger partial charge in [0, 0.05) is 6.07 Å². The molecule has 0 N–H and O–H groups in total. The van der Waals surface area contributed by atoms with Gasteiger partial charge in [-0.2, -0.15) is 0 Å². The Morgan fingerprint density at radius 3 is 2.15 bits per heavy atom. The van der Waals surface area contributed by atoms with Crippen molar-refractivity contribution in [3.8, 4) is 0 Å². The zero-order chi connectivity index (χ0) is 10.1. The van der Waals surface area contributed by atoms with Gasteiger partial charge in [-0.05, 0) is 6.07 Å². The highest BCUT2D eigenvalue weighted by atomic mass is 80.0. The number of alkyl halides is 3. The summed E-state index contributed by atoms with van der Waals surface area (Å²) in [5, 5.41) is 10.6. The molecule has 0 radical (unpaired) electrons. The second-order valence-electron chi connectivity index (χ2n) is 2.27. The third kappa shape index (κ3) is 2.75. The fourth-order valence-corrected chi connectivity index (χ4v) is 1.88. The number of halogens is 3. The van der Waals surface area contributed by atoms with E-state index in [0.29, 0.717) is 5.56 Å². The van der Waals surface area contributed by atoms with Crippen LogP contribution in [0.25, 0.3) is 0 Å². The maximum absolute atomic E-state index is 10.6. The molecule has 13 heavy (non-hydrogen) atoms. The van der Waals surface area contributed by atoms with Crippen molar-refractivity contribution in [2.24, 2.45) is 0 Å². The topological polar surface area (TPSA) is 43.1 Å². The lowest BCUT2D eigenvalue weighted by molar-refractivity contribution is -0.385. The van der Waals surface area contributed by atoms with Gasteiger partial charge < -0.3 is 0 Å². The SMILES string of the molecule is O=[N+]([O-])c1ccccc1C(Br)(Br)Br. The number of hydrogen-bond donors (Lipinski definition) is 0. The Kier molecular flexibility index (Phi) is 3.48. The third-order valence-electron chi connectivity index (χ3n) is 1.41. The van der Waals surface area contributed by atoms with E-state index in [1.54, 1.807) is 18.2 Å². The molecule has 0 fully saturated rings. The summed E-state index contributed by atoms with van der Waals surface area (Å²) in [4.78, 5) is 10.2. The predicted molar refractivity (Wildman–Crippen MR) is 61.6 cm³/mol. The quantitative estimate of drug-likeness (QED) is 0.426. The summed E-state index contributed by atoms with van der Waals surface area (Å²) in [6, 6.07) is 6.48. The Bertz CT molecular complexity index is 335. The number of rotatable bonds is 1. The first kappa shape index (κ1) is 11.1. The van der Waals surface area contributed by atoms with Crippen molar-refractivity contribution in [3.05, 3.63) is 39.9 Å². The van der Waals surface area contributed by atoms with E-state index < -0.39 is 7.07 Å². The van der Waals surface area contributed by atoms with Crippen LogP contribution in [0.3, 0.4) is 0 Å². The molecule has 70 valence electrons. The van der Waals surface area contributed by atoms with Crippen molar-refractivity contribution in [2.75, 3.05) is 0 Å². The van der Waals surface area contributed by atoms with Gasteiger partial charge >= 0.3 is 0 Å². The van der Waals surface area contributed by atoms with Crippen LogP contribution in [0.4, 0.5) is 5.69 Å². The first-order valence-corrected chi connectivity index (χ1v) is 5.61. The maximum atomic E-state index is 10.6. The standard InChI is InChI=1S/C7H4Br3NO2/c8-7(9,10)5-3-1-2-4-6(5)11(12)13/h1-4H. The van der Waals surface area contributed by atoms with Crippen LogP contribution in [-0.4, -0.2) is 4.92 Å². The highest BCUT2D eigenvalue weighted by Crippen LogP contribution is 2.47. The second kappa shape index (κ2) is 4.06. The lowest BCUT2D eigenvalue weighted by atomic mass is 10.2. The molecule has 0 saturated heterocycles. The molecule has 0 amide bonds. The van der Waals surface area contributed by atoms with Crippen molar-refractivity contribution in [2.45, 2.75) is 2.14 Å². The Morgan fingerprint density at radius 2 is 1.77 bits per heavy atom. The lowest BCUT2D eigenvalue weighted by Crippen LogP contribution is -2.02. The molecule has 3 nitrogen and oxygen atoms in total. The maximum Gasteiger partial charge on any atom is 0.275 e. The summed E-state index contributed by atoms with van der Waals surface area (Å²) in [5.74, 6) is 0. The Hall–Kier alpha value is 0.0600. The van der Waals surface area contributed by atoms with E-state index in [4.69, 9.17) is 0 Å². The zero-order valence-electron chi connectivity index (χ0n) is 6.21. The Morgan fingerprint density at radius 1 is 1.23 bits per heavy atom. The summed E-state index contributed by atoms with van der Waals surface area (Å²) in [6.07, 6.45) is 0. The second-order valence-corrected chi connectivity index (χ2v) is 9.03. The van der Waals surface area contributed by atoms with E-state index in [1.807, 2.05) is 0 Å². The molecule has 0 aliphatic rings. The van der Waals surface area contributed by atoms with Crippen molar-refractivity contribution >= 4 is 53.5 Å². The van der Waals surface area contributed by atoms with Crippen LogP contribution in [0.15, 0.2) is 24.3 Å². The number of benzene rings is 1. The molecule has 0 aromatic heterocycles. The summed E-state index contributed by atoms with van der Waals surface area (Å²) >= 11 is 9.70. The molecule has 0 aliphatic carbocycles. The molecule has 0 atom stereocenters. The van der Waals surface area contributed by atoms with E-state index >= 15 is 0 Å². The van der Waals surface area contributed by atoms with Gasteiger partial charge in [-0.1, -0.05) is 59.9 Å². The molecule has 1 aromatic rings. The minimum absolute atomic E-state index is 0.0631. The number of para-hydroxylation sites is 1. The molecule has 0 aliphatic heterocycles. The molecular formula is C7H4Br3NO2.